The van der Waals surface area contributed by atoms with Gasteiger partial charge in [-0.3, -0.25) is 9.89 Å². The maximum atomic E-state index is 12.4. The van der Waals surface area contributed by atoms with Crippen LogP contribution in [0.2, 0.25) is 0 Å². The molecule has 1 fully saturated rings. The molecule has 1 aromatic heterocycles. The van der Waals surface area contributed by atoms with E-state index in [9.17, 15) is 13.2 Å². The van der Waals surface area contributed by atoms with Gasteiger partial charge in [0.1, 0.15) is 0 Å². The van der Waals surface area contributed by atoms with E-state index in [2.05, 4.69) is 25.8 Å². The third-order valence-corrected chi connectivity index (χ3v) is 3.22. The average molecular weight is 320 g/mol. The quantitative estimate of drug-likeness (QED) is 0.627. The fraction of sp³-hybridized carbons (Fsp3) is 0.750. The Morgan fingerprint density at radius 1 is 1.50 bits per heavy atom. The van der Waals surface area contributed by atoms with Gasteiger partial charge in [0.2, 0.25) is 5.89 Å². The summed E-state index contributed by atoms with van der Waals surface area (Å²) in [5.74, 6) is 1.46. The van der Waals surface area contributed by atoms with Crippen LogP contribution in [-0.2, 0) is 6.54 Å². The Hall–Kier alpha value is -1.84. The summed E-state index contributed by atoms with van der Waals surface area (Å²) in [6.45, 7) is 1.89. The van der Waals surface area contributed by atoms with E-state index in [1.54, 1.807) is 14.0 Å². The normalized spacial score (nSPS) is 20.4. The number of nitrogens with zero attached hydrogens (tertiary/aromatic N) is 4. The lowest BCUT2D eigenvalue weighted by Crippen LogP contribution is -2.44. The van der Waals surface area contributed by atoms with Crippen LogP contribution >= 0.6 is 0 Å². The molecule has 0 radical (unpaired) electrons. The van der Waals surface area contributed by atoms with Gasteiger partial charge >= 0.3 is 6.18 Å². The Balaban J connectivity index is 1.77. The SMILES string of the molecule is CN=C(NCc1nc(C)no1)NC1CCN(CC(F)(F)F)C1. The van der Waals surface area contributed by atoms with Gasteiger partial charge in [-0.15, -0.1) is 0 Å². The van der Waals surface area contributed by atoms with Crippen LogP contribution in [-0.4, -0.2) is 59.9 Å². The van der Waals surface area contributed by atoms with E-state index in [0.29, 0.717) is 43.7 Å². The van der Waals surface area contributed by atoms with Crippen molar-refractivity contribution in [3.05, 3.63) is 11.7 Å². The molecule has 0 amide bonds. The maximum Gasteiger partial charge on any atom is 0.401 e. The van der Waals surface area contributed by atoms with Gasteiger partial charge in [0.25, 0.3) is 0 Å². The number of guanidine groups is 1. The molecule has 1 aliphatic rings. The highest BCUT2D eigenvalue weighted by atomic mass is 19.4. The summed E-state index contributed by atoms with van der Waals surface area (Å²) in [5, 5.41) is 9.76. The smallest absolute Gasteiger partial charge is 0.352 e. The minimum atomic E-state index is -4.16. The van der Waals surface area contributed by atoms with Crippen LogP contribution in [0, 0.1) is 6.92 Å². The van der Waals surface area contributed by atoms with E-state index in [1.807, 2.05) is 0 Å². The first kappa shape index (κ1) is 16.5. The minimum absolute atomic E-state index is 0.0713. The molecule has 0 bridgehead atoms. The fourth-order valence-electron chi connectivity index (χ4n) is 2.31. The number of aliphatic imine (C=N–C) groups is 1. The Morgan fingerprint density at radius 2 is 2.27 bits per heavy atom. The van der Waals surface area contributed by atoms with E-state index in [1.165, 1.54) is 4.90 Å². The molecule has 1 atom stereocenters. The summed E-state index contributed by atoms with van der Waals surface area (Å²) in [6.07, 6.45) is -3.53. The van der Waals surface area contributed by atoms with Crippen LogP contribution in [0.5, 0.6) is 0 Å². The molecule has 1 aliphatic heterocycles. The van der Waals surface area contributed by atoms with E-state index < -0.39 is 12.7 Å². The van der Waals surface area contributed by atoms with E-state index in [-0.39, 0.29) is 6.04 Å². The maximum absolute atomic E-state index is 12.4. The Morgan fingerprint density at radius 3 is 2.86 bits per heavy atom. The molecule has 124 valence electrons. The molecule has 0 aromatic carbocycles. The molecule has 7 nitrogen and oxygen atoms in total. The van der Waals surface area contributed by atoms with Gasteiger partial charge in [0.15, 0.2) is 11.8 Å². The predicted octanol–water partition coefficient (Wildman–Crippen LogP) is 0.680. The number of rotatable bonds is 4. The molecule has 1 saturated heterocycles. The molecule has 22 heavy (non-hydrogen) atoms. The predicted molar refractivity (Wildman–Crippen MR) is 73.3 cm³/mol. The largest absolute Gasteiger partial charge is 0.401 e. The highest BCUT2D eigenvalue weighted by molar-refractivity contribution is 5.79. The zero-order chi connectivity index (χ0) is 16.2. The van der Waals surface area contributed by atoms with Crippen LogP contribution in [0.1, 0.15) is 18.1 Å². The molecule has 2 N–H and O–H groups in total. The van der Waals surface area contributed by atoms with Crippen LogP contribution in [0.3, 0.4) is 0 Å². The molecular formula is C12H19F3N6O. The summed E-state index contributed by atoms with van der Waals surface area (Å²) in [7, 11) is 1.59. The monoisotopic (exact) mass is 320 g/mol. The topological polar surface area (TPSA) is 78.6 Å². The second-order valence-electron chi connectivity index (χ2n) is 5.14. The second-order valence-corrected chi connectivity index (χ2v) is 5.14. The number of hydrogen-bond acceptors (Lipinski definition) is 5. The summed E-state index contributed by atoms with van der Waals surface area (Å²) in [6, 6.07) is -0.0713. The first-order valence-electron chi connectivity index (χ1n) is 6.91. The molecule has 1 aromatic rings. The average Bonchev–Trinajstić information content (AvgIpc) is 3.02. The van der Waals surface area contributed by atoms with Crippen molar-refractivity contribution in [2.24, 2.45) is 4.99 Å². The first-order valence-corrected chi connectivity index (χ1v) is 6.91. The number of likely N-dealkylation sites (tertiary alicyclic amines) is 1. The van der Waals surface area contributed by atoms with Crippen molar-refractivity contribution in [2.75, 3.05) is 26.7 Å². The van der Waals surface area contributed by atoms with Crippen molar-refractivity contribution in [3.8, 4) is 0 Å². The lowest BCUT2D eigenvalue weighted by Gasteiger charge is -2.19. The van der Waals surface area contributed by atoms with E-state index >= 15 is 0 Å². The molecular weight excluding hydrogens is 301 g/mol. The van der Waals surface area contributed by atoms with Gasteiger partial charge in [0, 0.05) is 26.2 Å². The van der Waals surface area contributed by atoms with Gasteiger partial charge in [-0.25, -0.2) is 0 Å². The Labute approximate surface area is 126 Å². The van der Waals surface area contributed by atoms with E-state index in [4.69, 9.17) is 4.52 Å². The van der Waals surface area contributed by atoms with Crippen molar-refractivity contribution in [2.45, 2.75) is 32.1 Å². The highest BCUT2D eigenvalue weighted by Crippen LogP contribution is 2.19. The van der Waals surface area contributed by atoms with Crippen molar-refractivity contribution >= 4 is 5.96 Å². The Kier molecular flexibility index (Phi) is 5.22. The van der Waals surface area contributed by atoms with Crippen molar-refractivity contribution < 1.29 is 17.7 Å². The van der Waals surface area contributed by atoms with Crippen LogP contribution < -0.4 is 10.6 Å². The van der Waals surface area contributed by atoms with Crippen molar-refractivity contribution in [3.63, 3.8) is 0 Å². The molecule has 0 saturated carbocycles. The standard InChI is InChI=1S/C12H19F3N6O/c1-8-18-10(22-20-8)5-17-11(16-2)19-9-3-4-21(6-9)7-12(13,14)15/h9H,3-7H2,1-2H3,(H2,16,17,19). The molecule has 2 rings (SSSR count). The number of halogens is 3. The number of aryl methyl sites for hydroxylation is 1. The molecule has 1 unspecified atom stereocenters. The first-order chi connectivity index (χ1) is 10.4. The third kappa shape index (κ3) is 5.17. The van der Waals surface area contributed by atoms with Gasteiger partial charge in [-0.2, -0.15) is 18.2 Å². The number of hydrogen-bond donors (Lipinski definition) is 2. The van der Waals surface area contributed by atoms with Gasteiger partial charge in [-0.05, 0) is 13.3 Å². The number of aromatic nitrogens is 2. The highest BCUT2D eigenvalue weighted by Gasteiger charge is 2.34. The summed E-state index contributed by atoms with van der Waals surface area (Å²) < 4.78 is 42.0. The fourth-order valence-corrected chi connectivity index (χ4v) is 2.31. The second kappa shape index (κ2) is 6.95. The molecule has 0 aliphatic carbocycles. The minimum Gasteiger partial charge on any atom is -0.352 e. The van der Waals surface area contributed by atoms with Crippen molar-refractivity contribution in [1.82, 2.24) is 25.7 Å². The number of nitrogens with one attached hydrogen (secondary N) is 2. The van der Waals surface area contributed by atoms with E-state index in [0.717, 1.165) is 0 Å². The molecule has 0 spiro atoms. The lowest BCUT2D eigenvalue weighted by molar-refractivity contribution is -0.143. The number of alkyl halides is 3. The van der Waals surface area contributed by atoms with Crippen LogP contribution in [0.4, 0.5) is 13.2 Å². The van der Waals surface area contributed by atoms with Crippen LogP contribution in [0.15, 0.2) is 9.52 Å². The Bertz CT molecular complexity index is 515. The third-order valence-electron chi connectivity index (χ3n) is 3.22. The zero-order valence-corrected chi connectivity index (χ0v) is 12.4. The zero-order valence-electron chi connectivity index (χ0n) is 12.4. The summed E-state index contributed by atoms with van der Waals surface area (Å²) in [5.41, 5.74) is 0. The van der Waals surface area contributed by atoms with Gasteiger partial charge in [0.05, 0.1) is 13.1 Å². The van der Waals surface area contributed by atoms with Crippen molar-refractivity contribution in [1.29, 1.82) is 0 Å². The lowest BCUT2D eigenvalue weighted by atomic mass is 10.3. The molecule has 2 heterocycles. The van der Waals surface area contributed by atoms with Gasteiger partial charge in [-0.1, -0.05) is 5.16 Å². The summed E-state index contributed by atoms with van der Waals surface area (Å²) >= 11 is 0. The van der Waals surface area contributed by atoms with Gasteiger partial charge < -0.3 is 15.2 Å². The molecule has 10 heteroatoms. The van der Waals surface area contributed by atoms with Crippen LogP contribution in [0.25, 0.3) is 0 Å². The summed E-state index contributed by atoms with van der Waals surface area (Å²) in [4.78, 5) is 9.46.